The van der Waals surface area contributed by atoms with E-state index in [-0.39, 0.29) is 18.7 Å². The van der Waals surface area contributed by atoms with Crippen LogP contribution in [0, 0.1) is 0 Å². The summed E-state index contributed by atoms with van der Waals surface area (Å²) in [5.41, 5.74) is 0. The van der Waals surface area contributed by atoms with Gasteiger partial charge in [0, 0.05) is 19.1 Å². The highest BCUT2D eigenvalue weighted by molar-refractivity contribution is 5.67. The zero-order valence-corrected chi connectivity index (χ0v) is 9.35. The molecule has 0 aromatic heterocycles. The van der Waals surface area contributed by atoms with Gasteiger partial charge in [-0.05, 0) is 19.3 Å². The van der Waals surface area contributed by atoms with Gasteiger partial charge in [0.2, 0.25) is 6.41 Å². The summed E-state index contributed by atoms with van der Waals surface area (Å²) < 4.78 is 4.97. The summed E-state index contributed by atoms with van der Waals surface area (Å²) in [5.74, 6) is 0. The molecule has 0 aromatic rings. The standard InChI is InChI=1S/C11H18N2O3/c1-2-7-16-11(15)13-6-4-3-5-10(8-13)12-9-14/h2,9-10H,1,3-8H2,(H,12,14). The first-order chi connectivity index (χ1) is 7.77. The van der Waals surface area contributed by atoms with Crippen LogP contribution in [-0.2, 0) is 9.53 Å². The number of hydrogen-bond acceptors (Lipinski definition) is 3. The Morgan fingerprint density at radius 2 is 2.38 bits per heavy atom. The van der Waals surface area contributed by atoms with Crippen molar-refractivity contribution in [2.75, 3.05) is 19.7 Å². The molecular formula is C11H18N2O3. The van der Waals surface area contributed by atoms with Crippen LogP contribution in [-0.4, -0.2) is 43.1 Å². The molecule has 1 aliphatic rings. The summed E-state index contributed by atoms with van der Waals surface area (Å²) in [7, 11) is 0. The largest absolute Gasteiger partial charge is 0.445 e. The van der Waals surface area contributed by atoms with Crippen molar-refractivity contribution in [3.05, 3.63) is 12.7 Å². The second-order valence-electron chi connectivity index (χ2n) is 3.79. The molecule has 0 aliphatic carbocycles. The van der Waals surface area contributed by atoms with Crippen molar-refractivity contribution in [3.63, 3.8) is 0 Å². The number of likely N-dealkylation sites (tertiary alicyclic amines) is 1. The Morgan fingerprint density at radius 1 is 1.56 bits per heavy atom. The minimum atomic E-state index is -0.334. The predicted octanol–water partition coefficient (Wildman–Crippen LogP) is 0.909. The van der Waals surface area contributed by atoms with Gasteiger partial charge >= 0.3 is 6.09 Å². The lowest BCUT2D eigenvalue weighted by molar-refractivity contribution is -0.110. The molecule has 5 nitrogen and oxygen atoms in total. The van der Waals surface area contributed by atoms with Crippen LogP contribution in [0.1, 0.15) is 19.3 Å². The number of hydrogen-bond donors (Lipinski definition) is 1. The first-order valence-electron chi connectivity index (χ1n) is 5.50. The maximum atomic E-state index is 11.6. The molecule has 1 N–H and O–H groups in total. The van der Waals surface area contributed by atoms with Crippen LogP contribution >= 0.6 is 0 Å². The van der Waals surface area contributed by atoms with Gasteiger partial charge in [-0.1, -0.05) is 12.7 Å². The fraction of sp³-hybridized carbons (Fsp3) is 0.636. The van der Waals surface area contributed by atoms with E-state index in [0.29, 0.717) is 19.5 Å². The van der Waals surface area contributed by atoms with Gasteiger partial charge in [-0.25, -0.2) is 4.79 Å². The molecule has 16 heavy (non-hydrogen) atoms. The Hall–Kier alpha value is -1.52. The lowest BCUT2D eigenvalue weighted by Gasteiger charge is -2.23. The lowest BCUT2D eigenvalue weighted by atomic mass is 10.1. The summed E-state index contributed by atoms with van der Waals surface area (Å²) in [6.07, 6.45) is 4.75. The Kier molecular flexibility index (Phi) is 5.39. The van der Waals surface area contributed by atoms with E-state index >= 15 is 0 Å². The van der Waals surface area contributed by atoms with Gasteiger partial charge in [-0.2, -0.15) is 0 Å². The van der Waals surface area contributed by atoms with Crippen LogP contribution in [0.4, 0.5) is 4.79 Å². The van der Waals surface area contributed by atoms with E-state index in [0.717, 1.165) is 19.3 Å². The zero-order chi connectivity index (χ0) is 11.8. The molecule has 1 saturated heterocycles. The van der Waals surface area contributed by atoms with Crippen LogP contribution in [0.2, 0.25) is 0 Å². The first-order valence-corrected chi connectivity index (χ1v) is 5.50. The lowest BCUT2D eigenvalue weighted by Crippen LogP contribution is -2.42. The predicted molar refractivity (Wildman–Crippen MR) is 60.0 cm³/mol. The van der Waals surface area contributed by atoms with Crippen molar-refractivity contribution in [3.8, 4) is 0 Å². The van der Waals surface area contributed by atoms with Crippen molar-refractivity contribution in [2.45, 2.75) is 25.3 Å². The summed E-state index contributed by atoms with van der Waals surface area (Å²) in [6, 6.07) is 0.0382. The quantitative estimate of drug-likeness (QED) is 0.572. The number of carbonyl (C=O) groups is 2. The molecule has 1 atom stereocenters. The minimum absolute atomic E-state index is 0.0382. The fourth-order valence-corrected chi connectivity index (χ4v) is 1.76. The Balaban J connectivity index is 2.46. The average Bonchev–Trinajstić information content (AvgIpc) is 2.52. The normalized spacial score (nSPS) is 20.8. The molecule has 0 bridgehead atoms. The molecule has 0 saturated carbocycles. The number of nitrogens with one attached hydrogen (secondary N) is 1. The third-order valence-electron chi connectivity index (χ3n) is 2.56. The van der Waals surface area contributed by atoms with Crippen LogP contribution in [0.25, 0.3) is 0 Å². The average molecular weight is 226 g/mol. The molecule has 1 heterocycles. The summed E-state index contributed by atoms with van der Waals surface area (Å²) in [6.45, 7) is 4.92. The highest BCUT2D eigenvalue weighted by Gasteiger charge is 2.22. The second kappa shape index (κ2) is 6.87. The van der Waals surface area contributed by atoms with Gasteiger partial charge in [-0.3, -0.25) is 4.79 Å². The number of carbonyl (C=O) groups excluding carboxylic acids is 2. The third kappa shape index (κ3) is 3.92. The van der Waals surface area contributed by atoms with Crippen LogP contribution in [0.5, 0.6) is 0 Å². The van der Waals surface area contributed by atoms with Crippen molar-refractivity contribution < 1.29 is 14.3 Å². The molecule has 90 valence electrons. The maximum Gasteiger partial charge on any atom is 0.410 e. The van der Waals surface area contributed by atoms with Crippen molar-refractivity contribution in [1.82, 2.24) is 10.2 Å². The van der Waals surface area contributed by atoms with E-state index in [9.17, 15) is 9.59 Å². The number of rotatable bonds is 4. The summed E-state index contributed by atoms with van der Waals surface area (Å²) in [4.78, 5) is 23.6. The number of ether oxygens (including phenoxy) is 1. The molecule has 1 aliphatic heterocycles. The molecule has 1 unspecified atom stereocenters. The molecule has 2 amide bonds. The third-order valence-corrected chi connectivity index (χ3v) is 2.56. The summed E-state index contributed by atoms with van der Waals surface area (Å²) >= 11 is 0. The monoisotopic (exact) mass is 226 g/mol. The summed E-state index contributed by atoms with van der Waals surface area (Å²) in [5, 5.41) is 2.72. The second-order valence-corrected chi connectivity index (χ2v) is 3.79. The topological polar surface area (TPSA) is 58.6 Å². The molecule has 0 aromatic carbocycles. The van der Waals surface area contributed by atoms with Crippen LogP contribution < -0.4 is 5.32 Å². The zero-order valence-electron chi connectivity index (χ0n) is 9.35. The first kappa shape index (κ1) is 12.5. The molecule has 1 rings (SSSR count). The molecule has 0 radical (unpaired) electrons. The number of amides is 2. The minimum Gasteiger partial charge on any atom is -0.445 e. The molecular weight excluding hydrogens is 208 g/mol. The van der Waals surface area contributed by atoms with E-state index in [1.54, 1.807) is 4.90 Å². The van der Waals surface area contributed by atoms with E-state index in [2.05, 4.69) is 11.9 Å². The molecule has 5 heteroatoms. The van der Waals surface area contributed by atoms with Crippen molar-refractivity contribution in [1.29, 1.82) is 0 Å². The SMILES string of the molecule is C=CCOC(=O)N1CCCCC(NC=O)C1. The maximum absolute atomic E-state index is 11.6. The van der Waals surface area contributed by atoms with Crippen molar-refractivity contribution >= 4 is 12.5 Å². The van der Waals surface area contributed by atoms with Gasteiger partial charge in [0.15, 0.2) is 0 Å². The van der Waals surface area contributed by atoms with Gasteiger partial charge in [0.05, 0.1) is 0 Å². The van der Waals surface area contributed by atoms with Gasteiger partial charge in [-0.15, -0.1) is 0 Å². The Bertz CT molecular complexity index is 256. The van der Waals surface area contributed by atoms with Gasteiger partial charge < -0.3 is 15.0 Å². The van der Waals surface area contributed by atoms with Gasteiger partial charge in [0.1, 0.15) is 6.61 Å². The van der Waals surface area contributed by atoms with Gasteiger partial charge in [0.25, 0.3) is 0 Å². The van der Waals surface area contributed by atoms with E-state index in [1.807, 2.05) is 0 Å². The fourth-order valence-electron chi connectivity index (χ4n) is 1.76. The number of nitrogens with zero attached hydrogens (tertiary/aromatic N) is 1. The molecule has 1 fully saturated rings. The van der Waals surface area contributed by atoms with Crippen LogP contribution in [0.15, 0.2) is 12.7 Å². The Morgan fingerprint density at radius 3 is 3.06 bits per heavy atom. The highest BCUT2D eigenvalue weighted by atomic mass is 16.6. The van der Waals surface area contributed by atoms with E-state index in [1.165, 1.54) is 6.08 Å². The van der Waals surface area contributed by atoms with Crippen LogP contribution in [0.3, 0.4) is 0 Å². The van der Waals surface area contributed by atoms with E-state index < -0.39 is 0 Å². The Labute approximate surface area is 95.4 Å². The highest BCUT2D eigenvalue weighted by Crippen LogP contribution is 2.11. The smallest absolute Gasteiger partial charge is 0.410 e. The molecule has 0 spiro atoms. The van der Waals surface area contributed by atoms with Crippen molar-refractivity contribution in [2.24, 2.45) is 0 Å². The van der Waals surface area contributed by atoms with E-state index in [4.69, 9.17) is 4.74 Å².